The van der Waals surface area contributed by atoms with Crippen molar-refractivity contribution in [1.29, 1.82) is 0 Å². The Morgan fingerprint density at radius 3 is 2.56 bits per heavy atom. The van der Waals surface area contributed by atoms with Crippen molar-refractivity contribution in [3.8, 4) is 11.3 Å². The first kappa shape index (κ1) is 19.4. The van der Waals surface area contributed by atoms with Crippen molar-refractivity contribution < 1.29 is 22.0 Å². The third kappa shape index (κ3) is 4.32. The molecule has 0 unspecified atom stereocenters. The molecule has 0 aliphatic rings. The Balaban J connectivity index is 1.85. The van der Waals surface area contributed by atoms with E-state index in [0.717, 1.165) is 29.7 Å². The van der Waals surface area contributed by atoms with Crippen molar-refractivity contribution >= 4 is 43.8 Å². The first-order chi connectivity index (χ1) is 12.6. The first-order valence-electron chi connectivity index (χ1n) is 7.37. The average molecular weight is 429 g/mol. The molecule has 0 aliphatic carbocycles. The van der Waals surface area contributed by atoms with Crippen LogP contribution in [-0.2, 0) is 9.84 Å². The van der Waals surface area contributed by atoms with Crippen LogP contribution in [0.2, 0.25) is 5.02 Å². The number of carbonyl (C=O) groups is 1. The lowest BCUT2D eigenvalue weighted by Crippen LogP contribution is -2.13. The molecule has 0 saturated heterocycles. The molecule has 1 heterocycles. The fourth-order valence-corrected chi connectivity index (χ4v) is 3.76. The highest BCUT2D eigenvalue weighted by Gasteiger charge is 2.17. The number of halogens is 3. The molecule has 1 N–H and O–H groups in total. The Bertz CT molecular complexity index is 1150. The van der Waals surface area contributed by atoms with Crippen LogP contribution in [0.15, 0.2) is 46.7 Å². The molecule has 0 aliphatic heterocycles. The topological polar surface area (TPSA) is 76.1 Å². The molecule has 0 bridgehead atoms. The minimum atomic E-state index is -3.51. The highest BCUT2D eigenvalue weighted by Crippen LogP contribution is 2.27. The molecular formula is C17H11ClF2N2O3S2. The quantitative estimate of drug-likeness (QED) is 0.668. The standard InChI is InChI=1S/C17H11ClF2N2O3S2/c1-27(24,25)10-3-4-12(18)11(7-10)16(23)22-17-21-15(8-26-17)9-2-5-13(19)14(20)6-9/h2-8H,1H3,(H,21,22,23). The van der Waals surface area contributed by atoms with Crippen molar-refractivity contribution in [2.45, 2.75) is 4.90 Å². The number of benzene rings is 2. The van der Waals surface area contributed by atoms with Crippen LogP contribution in [0.25, 0.3) is 11.3 Å². The number of hydrogen-bond donors (Lipinski definition) is 1. The third-order valence-electron chi connectivity index (χ3n) is 3.55. The van der Waals surface area contributed by atoms with Gasteiger partial charge in [0.1, 0.15) is 0 Å². The summed E-state index contributed by atoms with van der Waals surface area (Å²) in [6.45, 7) is 0. The maximum atomic E-state index is 13.3. The van der Waals surface area contributed by atoms with Crippen molar-refractivity contribution in [1.82, 2.24) is 4.98 Å². The van der Waals surface area contributed by atoms with Crippen LogP contribution >= 0.6 is 22.9 Å². The molecule has 10 heteroatoms. The van der Waals surface area contributed by atoms with E-state index < -0.39 is 27.4 Å². The Hall–Kier alpha value is -2.36. The SMILES string of the molecule is CS(=O)(=O)c1ccc(Cl)c(C(=O)Nc2nc(-c3ccc(F)c(F)c3)cs2)c1. The van der Waals surface area contributed by atoms with Crippen molar-refractivity contribution in [2.75, 3.05) is 11.6 Å². The number of anilines is 1. The Morgan fingerprint density at radius 1 is 1.15 bits per heavy atom. The largest absolute Gasteiger partial charge is 0.298 e. The lowest BCUT2D eigenvalue weighted by Gasteiger charge is -2.06. The molecule has 1 aromatic heterocycles. The van der Waals surface area contributed by atoms with Gasteiger partial charge < -0.3 is 0 Å². The first-order valence-corrected chi connectivity index (χ1v) is 10.5. The summed E-state index contributed by atoms with van der Waals surface area (Å²) in [5.41, 5.74) is 0.678. The summed E-state index contributed by atoms with van der Waals surface area (Å²) in [4.78, 5) is 16.5. The van der Waals surface area contributed by atoms with E-state index in [1.165, 1.54) is 24.3 Å². The van der Waals surface area contributed by atoms with E-state index in [0.29, 0.717) is 11.3 Å². The molecule has 3 rings (SSSR count). The van der Waals surface area contributed by atoms with Gasteiger partial charge in [0.25, 0.3) is 5.91 Å². The van der Waals surface area contributed by atoms with Crippen molar-refractivity contribution in [3.63, 3.8) is 0 Å². The van der Waals surface area contributed by atoms with Crippen molar-refractivity contribution in [3.05, 3.63) is 64.0 Å². The third-order valence-corrected chi connectivity index (χ3v) is 5.75. The molecule has 0 radical (unpaired) electrons. The number of thiazole rings is 1. The van der Waals surface area contributed by atoms with Crippen LogP contribution in [0.4, 0.5) is 13.9 Å². The van der Waals surface area contributed by atoms with Gasteiger partial charge in [-0.05, 0) is 36.4 Å². The summed E-state index contributed by atoms with van der Waals surface area (Å²) in [6, 6.07) is 7.16. The number of hydrogen-bond acceptors (Lipinski definition) is 5. The maximum absolute atomic E-state index is 13.3. The molecule has 1 amide bonds. The summed E-state index contributed by atoms with van der Waals surface area (Å²) < 4.78 is 49.7. The molecule has 2 aromatic carbocycles. The normalized spacial score (nSPS) is 11.4. The number of aromatic nitrogens is 1. The maximum Gasteiger partial charge on any atom is 0.259 e. The molecule has 3 aromatic rings. The molecule has 140 valence electrons. The van der Waals surface area contributed by atoms with E-state index >= 15 is 0 Å². The zero-order valence-electron chi connectivity index (χ0n) is 13.7. The van der Waals surface area contributed by atoms with Crippen LogP contribution in [-0.4, -0.2) is 25.6 Å². The van der Waals surface area contributed by atoms with Gasteiger partial charge in [-0.2, -0.15) is 0 Å². The number of carbonyl (C=O) groups excluding carboxylic acids is 1. The zero-order valence-corrected chi connectivity index (χ0v) is 16.1. The minimum Gasteiger partial charge on any atom is -0.298 e. The smallest absolute Gasteiger partial charge is 0.259 e. The van der Waals surface area contributed by atoms with E-state index in [4.69, 9.17) is 11.6 Å². The van der Waals surface area contributed by atoms with Crippen LogP contribution in [0.3, 0.4) is 0 Å². The summed E-state index contributed by atoms with van der Waals surface area (Å²) in [7, 11) is -3.51. The number of sulfone groups is 1. The monoisotopic (exact) mass is 428 g/mol. The molecule has 5 nitrogen and oxygen atoms in total. The van der Waals surface area contributed by atoms with Gasteiger partial charge in [-0.15, -0.1) is 11.3 Å². The highest BCUT2D eigenvalue weighted by atomic mass is 35.5. The highest BCUT2D eigenvalue weighted by molar-refractivity contribution is 7.90. The van der Waals surface area contributed by atoms with Gasteiger partial charge >= 0.3 is 0 Å². The molecule has 0 atom stereocenters. The predicted octanol–water partition coefficient (Wildman–Crippen LogP) is 4.40. The number of rotatable bonds is 4. The Kier molecular flexibility index (Phi) is 5.27. The average Bonchev–Trinajstić information content (AvgIpc) is 3.05. The van der Waals surface area contributed by atoms with Gasteiger partial charge in [0, 0.05) is 17.2 Å². The van der Waals surface area contributed by atoms with Gasteiger partial charge in [0.15, 0.2) is 26.6 Å². The predicted molar refractivity (Wildman–Crippen MR) is 100.0 cm³/mol. The van der Waals surface area contributed by atoms with Gasteiger partial charge in [-0.3, -0.25) is 10.1 Å². The lowest BCUT2D eigenvalue weighted by atomic mass is 10.2. The summed E-state index contributed by atoms with van der Waals surface area (Å²) in [5.74, 6) is -2.62. The number of nitrogens with zero attached hydrogens (tertiary/aromatic N) is 1. The van der Waals surface area contributed by atoms with Crippen LogP contribution in [0, 0.1) is 11.6 Å². The van der Waals surface area contributed by atoms with E-state index in [-0.39, 0.29) is 20.6 Å². The Morgan fingerprint density at radius 2 is 1.89 bits per heavy atom. The number of nitrogens with one attached hydrogen (secondary N) is 1. The molecule has 0 saturated carbocycles. The fourth-order valence-electron chi connectivity index (χ4n) is 2.19. The van der Waals surface area contributed by atoms with Gasteiger partial charge in [0.05, 0.1) is 21.2 Å². The zero-order chi connectivity index (χ0) is 19.8. The van der Waals surface area contributed by atoms with Gasteiger partial charge in [0.2, 0.25) is 0 Å². The lowest BCUT2D eigenvalue weighted by molar-refractivity contribution is 0.102. The Labute approximate surface area is 162 Å². The van der Waals surface area contributed by atoms with E-state index in [9.17, 15) is 22.0 Å². The second-order valence-electron chi connectivity index (χ2n) is 5.53. The van der Waals surface area contributed by atoms with Gasteiger partial charge in [-0.1, -0.05) is 11.6 Å². The summed E-state index contributed by atoms with van der Waals surface area (Å²) >= 11 is 7.06. The molecular weight excluding hydrogens is 418 g/mol. The molecule has 0 spiro atoms. The van der Waals surface area contributed by atoms with E-state index in [1.54, 1.807) is 5.38 Å². The minimum absolute atomic E-state index is 0.0239. The number of amides is 1. The van der Waals surface area contributed by atoms with Crippen LogP contribution in [0.1, 0.15) is 10.4 Å². The second kappa shape index (κ2) is 7.34. The van der Waals surface area contributed by atoms with Crippen LogP contribution in [0.5, 0.6) is 0 Å². The summed E-state index contributed by atoms with van der Waals surface area (Å²) in [5, 5.41) is 4.36. The van der Waals surface area contributed by atoms with E-state index in [1.807, 2.05) is 0 Å². The van der Waals surface area contributed by atoms with Crippen molar-refractivity contribution in [2.24, 2.45) is 0 Å². The van der Waals surface area contributed by atoms with Crippen LogP contribution < -0.4 is 5.32 Å². The fraction of sp³-hybridized carbons (Fsp3) is 0.0588. The second-order valence-corrected chi connectivity index (χ2v) is 8.82. The molecule has 0 fully saturated rings. The summed E-state index contributed by atoms with van der Waals surface area (Å²) in [6.07, 6.45) is 1.02. The van der Waals surface area contributed by atoms with Gasteiger partial charge in [-0.25, -0.2) is 22.2 Å². The van der Waals surface area contributed by atoms with E-state index in [2.05, 4.69) is 10.3 Å². The molecule has 27 heavy (non-hydrogen) atoms.